The molecule has 0 aliphatic rings. The fourth-order valence-corrected chi connectivity index (χ4v) is 1.86. The molecule has 1 aromatic rings. The average Bonchev–Trinajstić information content (AvgIpc) is 2.36. The lowest BCUT2D eigenvalue weighted by atomic mass is 10.0. The Morgan fingerprint density at radius 1 is 1.22 bits per heavy atom. The number of nitrogens with one attached hydrogen (secondary N) is 1. The zero-order valence-electron chi connectivity index (χ0n) is 11.1. The van der Waals surface area contributed by atoms with Crippen LogP contribution in [0.5, 0.6) is 11.5 Å². The highest BCUT2D eigenvalue weighted by Gasteiger charge is 2.35. The van der Waals surface area contributed by atoms with Crippen LogP contribution < -0.4 is 14.8 Å². The van der Waals surface area contributed by atoms with E-state index >= 15 is 0 Å². The predicted octanol–water partition coefficient (Wildman–Crippen LogP) is 2.71. The van der Waals surface area contributed by atoms with Gasteiger partial charge >= 0.3 is 0 Å². The summed E-state index contributed by atoms with van der Waals surface area (Å²) in [7, 11) is 4.53. The summed E-state index contributed by atoms with van der Waals surface area (Å²) in [6.45, 7) is 1.94. The molecule has 0 atom stereocenters. The quantitative estimate of drug-likeness (QED) is 0.852. The summed E-state index contributed by atoms with van der Waals surface area (Å²) in [5, 5.41) is 2.72. The lowest BCUT2D eigenvalue weighted by Crippen LogP contribution is -2.22. The zero-order valence-corrected chi connectivity index (χ0v) is 11.1. The van der Waals surface area contributed by atoms with Crippen molar-refractivity contribution in [2.75, 3.05) is 27.8 Å². The number of rotatable bonds is 6. The van der Waals surface area contributed by atoms with Crippen LogP contribution in [0.4, 0.5) is 8.78 Å². The van der Waals surface area contributed by atoms with Crippen molar-refractivity contribution < 1.29 is 18.3 Å². The zero-order chi connectivity index (χ0) is 13.8. The van der Waals surface area contributed by atoms with E-state index in [1.165, 1.54) is 20.3 Å². The Balaban J connectivity index is 3.19. The Morgan fingerprint density at radius 2 is 1.89 bits per heavy atom. The first-order valence-electron chi connectivity index (χ1n) is 5.72. The van der Waals surface area contributed by atoms with Gasteiger partial charge in [-0.1, -0.05) is 0 Å². The summed E-state index contributed by atoms with van der Waals surface area (Å²) in [6, 6.07) is 2.90. The van der Waals surface area contributed by atoms with E-state index in [2.05, 4.69) is 5.32 Å². The number of methoxy groups -OCH3 is 2. The van der Waals surface area contributed by atoms with Crippen LogP contribution in [0.2, 0.25) is 0 Å². The Morgan fingerprint density at radius 3 is 2.39 bits per heavy atom. The molecule has 0 aliphatic carbocycles. The molecule has 0 unspecified atom stereocenters. The smallest absolute Gasteiger partial charge is 0.278 e. The predicted molar refractivity (Wildman–Crippen MR) is 66.7 cm³/mol. The molecule has 102 valence electrons. The normalized spacial score (nSPS) is 11.4. The molecule has 1 rings (SSSR count). The Kier molecular flexibility index (Phi) is 4.90. The van der Waals surface area contributed by atoms with Crippen LogP contribution in [0, 0.1) is 6.92 Å². The number of halogens is 2. The molecule has 0 radical (unpaired) electrons. The largest absolute Gasteiger partial charge is 0.496 e. The number of alkyl halides is 2. The van der Waals surface area contributed by atoms with E-state index in [9.17, 15) is 8.78 Å². The van der Waals surface area contributed by atoms with E-state index in [0.29, 0.717) is 11.3 Å². The molecule has 0 fully saturated rings. The average molecular weight is 259 g/mol. The minimum Gasteiger partial charge on any atom is -0.496 e. The van der Waals surface area contributed by atoms with Crippen LogP contribution in [0.15, 0.2) is 12.1 Å². The lowest BCUT2D eigenvalue weighted by Gasteiger charge is -2.21. The summed E-state index contributed by atoms with van der Waals surface area (Å²) < 4.78 is 38.3. The number of hydrogen-bond acceptors (Lipinski definition) is 3. The molecule has 0 saturated carbocycles. The molecule has 0 bridgehead atoms. The van der Waals surface area contributed by atoms with E-state index in [0.717, 1.165) is 0 Å². The van der Waals surface area contributed by atoms with Crippen LogP contribution in [0.1, 0.15) is 17.5 Å². The highest BCUT2D eigenvalue weighted by atomic mass is 19.3. The molecule has 1 aromatic carbocycles. The molecule has 0 amide bonds. The summed E-state index contributed by atoms with van der Waals surface area (Å²) in [5.41, 5.74) is 0.486. The summed E-state index contributed by atoms with van der Waals surface area (Å²) in [6.07, 6.45) is -0.272. The van der Waals surface area contributed by atoms with E-state index in [1.54, 1.807) is 20.0 Å². The molecule has 0 spiro atoms. The summed E-state index contributed by atoms with van der Waals surface area (Å²) in [4.78, 5) is 0. The maximum absolute atomic E-state index is 14.0. The molecule has 3 nitrogen and oxygen atoms in total. The topological polar surface area (TPSA) is 30.5 Å². The second kappa shape index (κ2) is 6.00. The van der Waals surface area contributed by atoms with Crippen molar-refractivity contribution >= 4 is 0 Å². The first-order chi connectivity index (χ1) is 8.47. The second-order valence-corrected chi connectivity index (χ2v) is 4.03. The van der Waals surface area contributed by atoms with Gasteiger partial charge in [-0.3, -0.25) is 0 Å². The third-order valence-corrected chi connectivity index (χ3v) is 2.86. The first-order valence-corrected chi connectivity index (χ1v) is 5.72. The number of hydrogen-bond donors (Lipinski definition) is 1. The molecular formula is C13H19F2NO2. The van der Waals surface area contributed by atoms with Crippen molar-refractivity contribution in [1.29, 1.82) is 0 Å². The van der Waals surface area contributed by atoms with Gasteiger partial charge in [0.1, 0.15) is 11.5 Å². The molecule has 0 saturated heterocycles. The van der Waals surface area contributed by atoms with Crippen molar-refractivity contribution in [1.82, 2.24) is 5.32 Å². The Labute approximate surface area is 106 Å². The third kappa shape index (κ3) is 2.90. The minimum absolute atomic E-state index is 0.0986. The van der Waals surface area contributed by atoms with E-state index in [4.69, 9.17) is 9.47 Å². The Bertz CT molecular complexity index is 408. The molecule has 0 heterocycles. The van der Waals surface area contributed by atoms with Crippen LogP contribution in [-0.4, -0.2) is 27.8 Å². The van der Waals surface area contributed by atoms with Crippen molar-refractivity contribution in [3.8, 4) is 11.5 Å². The molecule has 5 heteroatoms. The standard InChI is InChI=1S/C13H19F2NO2/c1-9-11(17-3)6-5-10(12(9)18-4)13(14,15)7-8-16-2/h5-6,16H,7-8H2,1-4H3. The van der Waals surface area contributed by atoms with Crippen molar-refractivity contribution in [3.63, 3.8) is 0 Å². The SMILES string of the molecule is CNCCC(F)(F)c1ccc(OC)c(C)c1OC. The van der Waals surface area contributed by atoms with Gasteiger partial charge in [-0.15, -0.1) is 0 Å². The van der Waals surface area contributed by atoms with Crippen molar-refractivity contribution in [2.24, 2.45) is 0 Å². The van der Waals surface area contributed by atoms with Crippen molar-refractivity contribution in [3.05, 3.63) is 23.3 Å². The molecular weight excluding hydrogens is 240 g/mol. The molecule has 0 aliphatic heterocycles. The third-order valence-electron chi connectivity index (χ3n) is 2.86. The van der Waals surface area contributed by atoms with Gasteiger partial charge in [-0.25, -0.2) is 8.78 Å². The number of benzene rings is 1. The molecule has 1 N–H and O–H groups in total. The molecule has 0 aromatic heterocycles. The fourth-order valence-electron chi connectivity index (χ4n) is 1.86. The van der Waals surface area contributed by atoms with Gasteiger partial charge in [0.2, 0.25) is 0 Å². The van der Waals surface area contributed by atoms with Gasteiger partial charge in [-0.2, -0.15) is 0 Å². The lowest BCUT2D eigenvalue weighted by molar-refractivity contribution is -0.0145. The van der Waals surface area contributed by atoms with Crippen LogP contribution in [-0.2, 0) is 5.92 Å². The highest BCUT2D eigenvalue weighted by molar-refractivity contribution is 5.50. The van der Waals surface area contributed by atoms with Crippen LogP contribution >= 0.6 is 0 Å². The van der Waals surface area contributed by atoms with Gasteiger partial charge in [0.25, 0.3) is 5.92 Å². The maximum atomic E-state index is 14.0. The fraction of sp³-hybridized carbons (Fsp3) is 0.538. The van der Waals surface area contributed by atoms with E-state index < -0.39 is 5.92 Å². The van der Waals surface area contributed by atoms with E-state index in [1.807, 2.05) is 0 Å². The van der Waals surface area contributed by atoms with Crippen LogP contribution in [0.25, 0.3) is 0 Å². The maximum Gasteiger partial charge on any atom is 0.278 e. The minimum atomic E-state index is -2.93. The Hall–Kier alpha value is -1.36. The highest BCUT2D eigenvalue weighted by Crippen LogP contribution is 2.41. The van der Waals surface area contributed by atoms with Gasteiger partial charge in [0.05, 0.1) is 19.8 Å². The van der Waals surface area contributed by atoms with Gasteiger partial charge < -0.3 is 14.8 Å². The van der Waals surface area contributed by atoms with Gasteiger partial charge in [0.15, 0.2) is 0 Å². The van der Waals surface area contributed by atoms with Crippen LogP contribution in [0.3, 0.4) is 0 Å². The summed E-state index contributed by atoms with van der Waals surface area (Å²) >= 11 is 0. The van der Waals surface area contributed by atoms with E-state index in [-0.39, 0.29) is 24.3 Å². The second-order valence-electron chi connectivity index (χ2n) is 4.03. The van der Waals surface area contributed by atoms with Crippen molar-refractivity contribution in [2.45, 2.75) is 19.3 Å². The van der Waals surface area contributed by atoms with Gasteiger partial charge in [-0.05, 0) is 26.1 Å². The summed E-state index contributed by atoms with van der Waals surface area (Å²) in [5.74, 6) is -2.19. The monoisotopic (exact) mass is 259 g/mol. The van der Waals surface area contributed by atoms with Gasteiger partial charge in [0, 0.05) is 18.5 Å². The number of ether oxygens (including phenoxy) is 2. The molecule has 18 heavy (non-hydrogen) atoms. The first kappa shape index (κ1) is 14.7.